The van der Waals surface area contributed by atoms with Crippen LogP contribution in [0.5, 0.6) is 0 Å². The molecule has 0 radical (unpaired) electrons. The molecule has 0 aromatic heterocycles. The summed E-state index contributed by atoms with van der Waals surface area (Å²) >= 11 is 5.83. The highest BCUT2D eigenvalue weighted by Gasteiger charge is 1.71. The maximum atomic E-state index is 4.99. The molecule has 6 heavy (non-hydrogen) atoms. The maximum Gasteiger partial charge on any atom is 0.130 e. The third-order valence-corrected chi connectivity index (χ3v) is 1.10. The molecular formula is C2H9N2S2+. The number of quaternary nitrogens is 1. The molecule has 0 atom stereocenters. The van der Waals surface area contributed by atoms with Crippen LogP contribution in [0.2, 0.25) is 0 Å². The van der Waals surface area contributed by atoms with E-state index in [4.69, 9.17) is 5.73 Å². The molecule has 38 valence electrons. The second-order valence-corrected chi connectivity index (χ2v) is 2.07. The molecule has 6 N–H and O–H groups in total. The van der Waals surface area contributed by atoms with Crippen molar-refractivity contribution in [3.63, 3.8) is 0 Å². The number of rotatable bonds is 0. The monoisotopic (exact) mass is 125 g/mol. The summed E-state index contributed by atoms with van der Waals surface area (Å²) in [4.78, 5) is 0. The summed E-state index contributed by atoms with van der Waals surface area (Å²) < 4.78 is 0.505. The van der Waals surface area contributed by atoms with Gasteiger partial charge >= 0.3 is 0 Å². The van der Waals surface area contributed by atoms with Gasteiger partial charge in [-0.2, -0.15) is 0 Å². The van der Waals surface area contributed by atoms with Crippen LogP contribution in [0, 0.1) is 0 Å². The Hall–Kier alpha value is 0.200. The van der Waals surface area contributed by atoms with E-state index < -0.39 is 0 Å². The van der Waals surface area contributed by atoms with Crippen molar-refractivity contribution in [2.45, 2.75) is 0 Å². The molecule has 0 bridgehead atoms. The van der Waals surface area contributed by atoms with Crippen LogP contribution in [0.3, 0.4) is 0 Å². The Labute approximate surface area is 47.1 Å². The van der Waals surface area contributed by atoms with E-state index in [1.54, 1.807) is 0 Å². The molecule has 0 aliphatic rings. The molecule has 0 heterocycles. The van der Waals surface area contributed by atoms with Crippen molar-refractivity contribution in [2.75, 3.05) is 6.26 Å². The normalized spacial score (nSPS) is 6.17. The number of nitrogens with two attached hydrogens (primary N) is 1. The van der Waals surface area contributed by atoms with Crippen LogP contribution in [0.15, 0.2) is 0 Å². The number of hydrogen-bond acceptors (Lipinski definition) is 2. The van der Waals surface area contributed by atoms with Crippen LogP contribution in [0.4, 0.5) is 0 Å². The van der Waals surface area contributed by atoms with Crippen molar-refractivity contribution in [1.82, 2.24) is 6.15 Å². The van der Waals surface area contributed by atoms with Gasteiger partial charge in [0.1, 0.15) is 4.32 Å². The lowest BCUT2D eigenvalue weighted by atomic mass is 11.5. The predicted octanol–water partition coefficient (Wildman–Crippen LogP) is 0.969. The minimum atomic E-state index is 0. The summed E-state index contributed by atoms with van der Waals surface area (Å²) in [6, 6.07) is 0. The summed E-state index contributed by atoms with van der Waals surface area (Å²) in [5.74, 6) is 0. The summed E-state index contributed by atoms with van der Waals surface area (Å²) in [6.07, 6.45) is 1.85. The number of thioether (sulfide) groups is 1. The van der Waals surface area contributed by atoms with Gasteiger partial charge in [-0.25, -0.2) is 0 Å². The second kappa shape index (κ2) is 5.20. The van der Waals surface area contributed by atoms with E-state index in [0.29, 0.717) is 4.32 Å². The molecule has 0 fully saturated rings. The lowest BCUT2D eigenvalue weighted by molar-refractivity contribution is 1.90. The van der Waals surface area contributed by atoms with Crippen molar-refractivity contribution in [2.24, 2.45) is 5.73 Å². The fraction of sp³-hybridized carbons (Fsp3) is 0.500. The van der Waals surface area contributed by atoms with Gasteiger partial charge in [0.2, 0.25) is 0 Å². The lowest BCUT2D eigenvalue weighted by Crippen LogP contribution is -1.98. The summed E-state index contributed by atoms with van der Waals surface area (Å²) in [5, 5.41) is 0. The number of hydrogen-bond donors (Lipinski definition) is 2. The molecule has 0 saturated carbocycles. The molecule has 0 aromatic rings. The van der Waals surface area contributed by atoms with E-state index in [1.165, 1.54) is 11.8 Å². The van der Waals surface area contributed by atoms with E-state index in [-0.39, 0.29) is 6.15 Å². The fourth-order valence-electron chi connectivity index (χ4n) is 0. The molecule has 0 aliphatic carbocycles. The predicted molar refractivity (Wildman–Crippen MR) is 36.3 cm³/mol. The van der Waals surface area contributed by atoms with E-state index in [1.807, 2.05) is 6.26 Å². The van der Waals surface area contributed by atoms with Crippen molar-refractivity contribution in [3.8, 4) is 0 Å². The highest BCUT2D eigenvalue weighted by atomic mass is 32.2. The van der Waals surface area contributed by atoms with Gasteiger partial charge in [0.15, 0.2) is 0 Å². The van der Waals surface area contributed by atoms with Crippen molar-refractivity contribution >= 4 is 28.3 Å². The standard InChI is InChI=1S/C2H5NS2.H3N/c1-5-2(3)4;/h1H3,(H2,3,4);1H3/p+1. The Morgan fingerprint density at radius 1 is 1.83 bits per heavy atom. The molecule has 0 rings (SSSR count). The molecule has 0 unspecified atom stereocenters. The van der Waals surface area contributed by atoms with Crippen LogP contribution in [0.1, 0.15) is 0 Å². The highest BCUT2D eigenvalue weighted by molar-refractivity contribution is 8.22. The van der Waals surface area contributed by atoms with Gasteiger partial charge < -0.3 is 11.9 Å². The maximum absolute atomic E-state index is 4.99. The van der Waals surface area contributed by atoms with Gasteiger partial charge in [-0.05, 0) is 6.26 Å². The smallest absolute Gasteiger partial charge is 0.130 e. The Balaban J connectivity index is 0. The molecule has 0 aromatic carbocycles. The Morgan fingerprint density at radius 2 is 2.00 bits per heavy atom. The summed E-state index contributed by atoms with van der Waals surface area (Å²) in [5.41, 5.74) is 4.99. The molecule has 0 aliphatic heterocycles. The average molecular weight is 125 g/mol. The molecule has 2 nitrogen and oxygen atoms in total. The summed E-state index contributed by atoms with van der Waals surface area (Å²) in [6.45, 7) is 0. The van der Waals surface area contributed by atoms with Crippen LogP contribution in [-0.4, -0.2) is 10.6 Å². The fourth-order valence-corrected chi connectivity index (χ4v) is 0. The minimum absolute atomic E-state index is 0. The quantitative estimate of drug-likeness (QED) is 0.474. The van der Waals surface area contributed by atoms with Gasteiger partial charge in [0, 0.05) is 0 Å². The molecule has 0 spiro atoms. The number of thiocarbonyl (C=S) groups is 1. The molecule has 4 heteroatoms. The average Bonchev–Trinajstić information content (AvgIpc) is 1.38. The van der Waals surface area contributed by atoms with Crippen LogP contribution < -0.4 is 11.9 Å². The zero-order valence-electron chi connectivity index (χ0n) is 3.89. The van der Waals surface area contributed by atoms with Crippen molar-refractivity contribution < 1.29 is 0 Å². The van der Waals surface area contributed by atoms with Crippen LogP contribution in [-0.2, 0) is 0 Å². The Morgan fingerprint density at radius 3 is 2.00 bits per heavy atom. The van der Waals surface area contributed by atoms with Crippen molar-refractivity contribution in [3.05, 3.63) is 0 Å². The van der Waals surface area contributed by atoms with E-state index >= 15 is 0 Å². The van der Waals surface area contributed by atoms with E-state index in [9.17, 15) is 0 Å². The second-order valence-electron chi connectivity index (χ2n) is 0.523. The Bertz CT molecular complexity index is 44.8. The first-order valence-corrected chi connectivity index (χ1v) is 2.74. The third kappa shape index (κ3) is 8.89. The zero-order chi connectivity index (χ0) is 4.28. The molecule has 0 saturated heterocycles. The first kappa shape index (κ1) is 9.50. The van der Waals surface area contributed by atoms with Crippen LogP contribution in [0.25, 0.3) is 0 Å². The first-order chi connectivity index (χ1) is 2.27. The summed E-state index contributed by atoms with van der Waals surface area (Å²) in [7, 11) is 0. The van der Waals surface area contributed by atoms with Gasteiger partial charge in [0.25, 0.3) is 0 Å². The Kier molecular flexibility index (Phi) is 8.24. The third-order valence-electron chi connectivity index (χ3n) is 0.201. The molecule has 0 amide bonds. The van der Waals surface area contributed by atoms with Crippen molar-refractivity contribution in [1.29, 1.82) is 0 Å². The zero-order valence-corrected chi connectivity index (χ0v) is 5.53. The van der Waals surface area contributed by atoms with Gasteiger partial charge in [-0.1, -0.05) is 12.2 Å². The largest absolute Gasteiger partial charge is 0.385 e. The highest BCUT2D eigenvalue weighted by Crippen LogP contribution is 1.86. The van der Waals surface area contributed by atoms with Gasteiger partial charge in [-0.15, -0.1) is 11.8 Å². The van der Waals surface area contributed by atoms with Gasteiger partial charge in [0.05, 0.1) is 0 Å². The van der Waals surface area contributed by atoms with Crippen LogP contribution >= 0.6 is 24.0 Å². The van der Waals surface area contributed by atoms with Gasteiger partial charge in [-0.3, -0.25) is 0 Å². The minimum Gasteiger partial charge on any atom is -0.385 e. The lowest BCUT2D eigenvalue weighted by Gasteiger charge is -1.78. The molecular weight excluding hydrogens is 116 g/mol. The van der Waals surface area contributed by atoms with E-state index in [0.717, 1.165) is 0 Å². The van der Waals surface area contributed by atoms with E-state index in [2.05, 4.69) is 12.2 Å². The topological polar surface area (TPSA) is 62.5 Å². The first-order valence-electron chi connectivity index (χ1n) is 1.11. The SMILES string of the molecule is CSC(N)=S.[NH4+].